The molecular formula is C16H15BrO3. The SMILES string of the molecule is COC(=O)c1c(O)cccc1CCc1ccc(Br)cc1. The molecule has 0 aliphatic carbocycles. The van der Waals surface area contributed by atoms with Crippen LogP contribution in [-0.4, -0.2) is 18.2 Å². The first-order valence-electron chi connectivity index (χ1n) is 6.25. The first kappa shape index (κ1) is 14.6. The van der Waals surface area contributed by atoms with Crippen LogP contribution in [0.3, 0.4) is 0 Å². The number of carbonyl (C=O) groups excluding carboxylic acids is 1. The maximum atomic E-state index is 11.7. The number of hydrogen-bond donors (Lipinski definition) is 1. The number of esters is 1. The van der Waals surface area contributed by atoms with E-state index < -0.39 is 5.97 Å². The van der Waals surface area contributed by atoms with Crippen LogP contribution in [0.4, 0.5) is 0 Å². The molecule has 0 radical (unpaired) electrons. The molecule has 0 bridgehead atoms. The minimum absolute atomic E-state index is 0.0369. The van der Waals surface area contributed by atoms with Gasteiger partial charge in [-0.1, -0.05) is 40.2 Å². The van der Waals surface area contributed by atoms with Gasteiger partial charge in [-0.25, -0.2) is 4.79 Å². The van der Waals surface area contributed by atoms with Gasteiger partial charge in [0.1, 0.15) is 11.3 Å². The molecule has 0 spiro atoms. The van der Waals surface area contributed by atoms with Crippen LogP contribution in [0.15, 0.2) is 46.9 Å². The molecule has 104 valence electrons. The van der Waals surface area contributed by atoms with Crippen LogP contribution in [0.1, 0.15) is 21.5 Å². The van der Waals surface area contributed by atoms with E-state index in [1.807, 2.05) is 30.3 Å². The van der Waals surface area contributed by atoms with E-state index in [4.69, 9.17) is 4.74 Å². The molecule has 2 aromatic rings. The Morgan fingerprint density at radius 1 is 1.15 bits per heavy atom. The fourth-order valence-corrected chi connectivity index (χ4v) is 2.33. The average Bonchev–Trinajstić information content (AvgIpc) is 2.46. The van der Waals surface area contributed by atoms with Crippen molar-refractivity contribution in [3.8, 4) is 5.75 Å². The Labute approximate surface area is 126 Å². The van der Waals surface area contributed by atoms with E-state index in [9.17, 15) is 9.90 Å². The highest BCUT2D eigenvalue weighted by atomic mass is 79.9. The highest BCUT2D eigenvalue weighted by molar-refractivity contribution is 9.10. The summed E-state index contributed by atoms with van der Waals surface area (Å²) in [5.41, 5.74) is 2.22. The molecule has 0 aliphatic heterocycles. The summed E-state index contributed by atoms with van der Waals surface area (Å²) in [6.07, 6.45) is 1.46. The summed E-state index contributed by atoms with van der Waals surface area (Å²) >= 11 is 3.40. The number of methoxy groups -OCH3 is 1. The van der Waals surface area contributed by atoms with Crippen LogP contribution >= 0.6 is 15.9 Å². The van der Waals surface area contributed by atoms with Gasteiger partial charge in [-0.15, -0.1) is 0 Å². The van der Waals surface area contributed by atoms with Gasteiger partial charge in [0.25, 0.3) is 0 Å². The van der Waals surface area contributed by atoms with Gasteiger partial charge in [-0.2, -0.15) is 0 Å². The molecule has 0 heterocycles. The third-order valence-electron chi connectivity index (χ3n) is 3.11. The summed E-state index contributed by atoms with van der Waals surface area (Å²) in [5.74, 6) is -0.543. The second kappa shape index (κ2) is 6.57. The topological polar surface area (TPSA) is 46.5 Å². The Balaban J connectivity index is 2.19. The van der Waals surface area contributed by atoms with E-state index in [1.165, 1.54) is 18.7 Å². The second-order valence-corrected chi connectivity index (χ2v) is 5.34. The van der Waals surface area contributed by atoms with Crippen molar-refractivity contribution in [1.82, 2.24) is 0 Å². The van der Waals surface area contributed by atoms with Crippen LogP contribution in [0.2, 0.25) is 0 Å². The summed E-state index contributed by atoms with van der Waals surface area (Å²) in [5, 5.41) is 9.82. The lowest BCUT2D eigenvalue weighted by Crippen LogP contribution is -2.07. The van der Waals surface area contributed by atoms with Crippen LogP contribution in [0.5, 0.6) is 5.75 Å². The zero-order chi connectivity index (χ0) is 14.5. The first-order valence-corrected chi connectivity index (χ1v) is 7.04. The van der Waals surface area contributed by atoms with Gasteiger partial charge in [0.05, 0.1) is 7.11 Å². The molecule has 0 unspecified atom stereocenters. The van der Waals surface area contributed by atoms with Crippen molar-refractivity contribution in [2.75, 3.05) is 7.11 Å². The minimum Gasteiger partial charge on any atom is -0.507 e. The van der Waals surface area contributed by atoms with Gasteiger partial charge in [-0.3, -0.25) is 0 Å². The Morgan fingerprint density at radius 2 is 1.85 bits per heavy atom. The zero-order valence-corrected chi connectivity index (χ0v) is 12.7. The number of benzene rings is 2. The van der Waals surface area contributed by atoms with E-state index in [-0.39, 0.29) is 11.3 Å². The number of hydrogen-bond acceptors (Lipinski definition) is 3. The van der Waals surface area contributed by atoms with E-state index in [2.05, 4.69) is 15.9 Å². The molecule has 20 heavy (non-hydrogen) atoms. The number of rotatable bonds is 4. The summed E-state index contributed by atoms with van der Waals surface area (Å²) in [7, 11) is 1.31. The Bertz CT molecular complexity index is 606. The number of halogens is 1. The first-order chi connectivity index (χ1) is 9.61. The molecule has 4 heteroatoms. The maximum Gasteiger partial charge on any atom is 0.341 e. The molecule has 2 aromatic carbocycles. The number of ether oxygens (including phenoxy) is 1. The van der Waals surface area contributed by atoms with Crippen molar-refractivity contribution in [2.24, 2.45) is 0 Å². The monoisotopic (exact) mass is 334 g/mol. The van der Waals surface area contributed by atoms with Crippen molar-refractivity contribution >= 4 is 21.9 Å². The maximum absolute atomic E-state index is 11.7. The van der Waals surface area contributed by atoms with Crippen LogP contribution < -0.4 is 0 Å². The fraction of sp³-hybridized carbons (Fsp3) is 0.188. The van der Waals surface area contributed by atoms with Crippen LogP contribution in [0, 0.1) is 0 Å². The number of phenolic OH excluding ortho intramolecular Hbond substituents is 1. The average molecular weight is 335 g/mol. The third-order valence-corrected chi connectivity index (χ3v) is 3.64. The normalized spacial score (nSPS) is 10.3. The fourth-order valence-electron chi connectivity index (χ4n) is 2.06. The van der Waals surface area contributed by atoms with Crippen molar-refractivity contribution in [1.29, 1.82) is 0 Å². The van der Waals surface area contributed by atoms with E-state index in [0.717, 1.165) is 16.5 Å². The molecule has 0 fully saturated rings. The number of phenols is 1. The number of carbonyl (C=O) groups is 1. The highest BCUT2D eigenvalue weighted by Gasteiger charge is 2.16. The molecule has 0 amide bonds. The van der Waals surface area contributed by atoms with Gasteiger partial charge in [0.15, 0.2) is 0 Å². The molecule has 0 aliphatic rings. The van der Waals surface area contributed by atoms with Gasteiger partial charge < -0.3 is 9.84 Å². The number of aromatic hydroxyl groups is 1. The summed E-state index contributed by atoms with van der Waals surface area (Å²) in [6, 6.07) is 13.1. The van der Waals surface area contributed by atoms with Gasteiger partial charge in [0.2, 0.25) is 0 Å². The minimum atomic E-state index is -0.506. The Kier molecular flexibility index (Phi) is 4.79. The Hall–Kier alpha value is -1.81. The second-order valence-electron chi connectivity index (χ2n) is 4.43. The predicted octanol–water partition coefficient (Wildman–Crippen LogP) is 3.73. The smallest absolute Gasteiger partial charge is 0.341 e. The van der Waals surface area contributed by atoms with Crippen LogP contribution in [0.25, 0.3) is 0 Å². The zero-order valence-electron chi connectivity index (χ0n) is 11.1. The molecular weight excluding hydrogens is 320 g/mol. The molecule has 2 rings (SSSR count). The quantitative estimate of drug-likeness (QED) is 0.866. The molecule has 0 atom stereocenters. The van der Waals surface area contributed by atoms with Gasteiger partial charge >= 0.3 is 5.97 Å². The molecule has 0 aromatic heterocycles. The summed E-state index contributed by atoms with van der Waals surface area (Å²) in [6.45, 7) is 0. The summed E-state index contributed by atoms with van der Waals surface area (Å²) in [4.78, 5) is 11.7. The lowest BCUT2D eigenvalue weighted by atomic mass is 9.99. The molecule has 0 saturated heterocycles. The van der Waals surface area contributed by atoms with Crippen LogP contribution in [-0.2, 0) is 17.6 Å². The highest BCUT2D eigenvalue weighted by Crippen LogP contribution is 2.23. The number of aryl methyl sites for hydroxylation is 2. The van der Waals surface area contributed by atoms with Crippen molar-refractivity contribution < 1.29 is 14.6 Å². The van der Waals surface area contributed by atoms with Crippen molar-refractivity contribution in [3.05, 3.63) is 63.6 Å². The van der Waals surface area contributed by atoms with Gasteiger partial charge in [0, 0.05) is 4.47 Å². The Morgan fingerprint density at radius 3 is 2.50 bits per heavy atom. The molecule has 0 saturated carbocycles. The van der Waals surface area contributed by atoms with Crippen molar-refractivity contribution in [2.45, 2.75) is 12.8 Å². The third kappa shape index (κ3) is 3.39. The lowest BCUT2D eigenvalue weighted by Gasteiger charge is -2.09. The van der Waals surface area contributed by atoms with Crippen molar-refractivity contribution in [3.63, 3.8) is 0 Å². The lowest BCUT2D eigenvalue weighted by molar-refractivity contribution is 0.0596. The van der Waals surface area contributed by atoms with E-state index in [1.54, 1.807) is 6.07 Å². The summed E-state index contributed by atoms with van der Waals surface area (Å²) < 4.78 is 5.76. The molecule has 3 nitrogen and oxygen atoms in total. The standard InChI is InChI=1S/C16H15BrO3/c1-20-16(19)15-12(3-2-4-14(15)18)8-5-11-6-9-13(17)10-7-11/h2-4,6-7,9-10,18H,5,8H2,1H3. The van der Waals surface area contributed by atoms with E-state index >= 15 is 0 Å². The largest absolute Gasteiger partial charge is 0.507 e. The molecule has 1 N–H and O–H groups in total. The van der Waals surface area contributed by atoms with Gasteiger partial charge in [-0.05, 0) is 42.2 Å². The predicted molar refractivity (Wildman–Crippen MR) is 81.0 cm³/mol. The van der Waals surface area contributed by atoms with E-state index in [0.29, 0.717) is 6.42 Å².